The van der Waals surface area contributed by atoms with Crippen molar-refractivity contribution in [3.63, 3.8) is 0 Å². The highest BCUT2D eigenvalue weighted by molar-refractivity contribution is 7.09. The molecule has 3 rings (SSSR count). The van der Waals surface area contributed by atoms with E-state index in [1.165, 1.54) is 0 Å². The molecule has 0 saturated carbocycles. The molecule has 0 saturated heterocycles. The molecule has 1 aromatic carbocycles. The van der Waals surface area contributed by atoms with Gasteiger partial charge < -0.3 is 10.3 Å². The zero-order valence-corrected chi connectivity index (χ0v) is 11.6. The molecule has 2 N–H and O–H groups in total. The summed E-state index contributed by atoms with van der Waals surface area (Å²) in [6.45, 7) is 1.94. The van der Waals surface area contributed by atoms with Crippen LogP contribution in [-0.4, -0.2) is 10.1 Å². The van der Waals surface area contributed by atoms with Crippen LogP contribution in [0.1, 0.15) is 5.01 Å². The lowest BCUT2D eigenvalue weighted by Crippen LogP contribution is -1.88. The Kier molecular flexibility index (Phi) is 3.00. The van der Waals surface area contributed by atoms with Crippen LogP contribution in [0.4, 0.5) is 5.88 Å². The first-order valence-corrected chi connectivity index (χ1v) is 6.85. The second-order valence-electron chi connectivity index (χ2n) is 4.00. The lowest BCUT2D eigenvalue weighted by molar-refractivity contribution is 0.439. The fourth-order valence-electron chi connectivity index (χ4n) is 1.87. The van der Waals surface area contributed by atoms with Gasteiger partial charge in [0.2, 0.25) is 5.88 Å². The minimum absolute atomic E-state index is 0.244. The summed E-state index contributed by atoms with van der Waals surface area (Å²) < 4.78 is 5.10. The third kappa shape index (κ3) is 2.11. The van der Waals surface area contributed by atoms with Gasteiger partial charge in [-0.1, -0.05) is 35.0 Å². The molecule has 0 fully saturated rings. The minimum Gasteiger partial charge on any atom is -0.367 e. The smallest absolute Gasteiger partial charge is 0.230 e. The summed E-state index contributed by atoms with van der Waals surface area (Å²) in [7, 11) is 0. The van der Waals surface area contributed by atoms with Gasteiger partial charge in [-0.3, -0.25) is 0 Å². The van der Waals surface area contributed by atoms with E-state index in [1.54, 1.807) is 17.4 Å². The van der Waals surface area contributed by atoms with Gasteiger partial charge in [0.05, 0.1) is 10.6 Å². The van der Waals surface area contributed by atoms with E-state index in [4.69, 9.17) is 21.9 Å². The molecule has 3 aromatic rings. The number of nitrogens with zero attached hydrogens (tertiary/aromatic N) is 2. The number of rotatable bonds is 2. The molecule has 0 spiro atoms. The topological polar surface area (TPSA) is 64.9 Å². The Labute approximate surface area is 118 Å². The maximum absolute atomic E-state index is 6.21. The fraction of sp³-hybridized carbons (Fsp3) is 0.0769. The molecule has 6 heteroatoms. The Balaban J connectivity index is 2.22. The lowest BCUT2D eigenvalue weighted by atomic mass is 10.0. The van der Waals surface area contributed by atoms with Crippen molar-refractivity contribution in [3.8, 4) is 22.5 Å². The number of nitrogens with two attached hydrogens (primary N) is 1. The molecule has 0 radical (unpaired) electrons. The van der Waals surface area contributed by atoms with Gasteiger partial charge in [-0.2, -0.15) is 0 Å². The lowest BCUT2D eigenvalue weighted by Gasteiger charge is -2.03. The molecule has 2 heterocycles. The maximum Gasteiger partial charge on any atom is 0.230 e. The van der Waals surface area contributed by atoms with Crippen LogP contribution < -0.4 is 5.73 Å². The third-order valence-corrected chi connectivity index (χ3v) is 3.83. The average Bonchev–Trinajstić information content (AvgIpc) is 2.96. The van der Waals surface area contributed by atoms with E-state index >= 15 is 0 Å². The normalized spacial score (nSPS) is 10.8. The van der Waals surface area contributed by atoms with Crippen molar-refractivity contribution in [2.45, 2.75) is 6.92 Å². The van der Waals surface area contributed by atoms with E-state index in [2.05, 4.69) is 10.1 Å². The minimum atomic E-state index is 0.244. The second-order valence-corrected chi connectivity index (χ2v) is 5.47. The summed E-state index contributed by atoms with van der Waals surface area (Å²) in [4.78, 5) is 4.41. The van der Waals surface area contributed by atoms with Gasteiger partial charge in [0, 0.05) is 16.0 Å². The highest BCUT2D eigenvalue weighted by Crippen LogP contribution is 2.39. The van der Waals surface area contributed by atoms with E-state index in [0.29, 0.717) is 16.3 Å². The summed E-state index contributed by atoms with van der Waals surface area (Å²) in [5.41, 5.74) is 8.73. The number of hydrogen-bond donors (Lipinski definition) is 1. The molecule has 2 aromatic heterocycles. The first-order valence-electron chi connectivity index (χ1n) is 5.59. The predicted octanol–water partition coefficient (Wildman–Crippen LogP) is 4.01. The maximum atomic E-state index is 6.21. The Morgan fingerprint density at radius 2 is 2.11 bits per heavy atom. The van der Waals surface area contributed by atoms with Gasteiger partial charge in [0.1, 0.15) is 11.4 Å². The van der Waals surface area contributed by atoms with E-state index in [-0.39, 0.29) is 5.88 Å². The highest BCUT2D eigenvalue weighted by atomic mass is 35.5. The Morgan fingerprint density at radius 3 is 2.79 bits per heavy atom. The standard InChI is InChI=1S/C13H10ClN3OS/c1-7-16-10(6-19-7)12-11(13(15)18-17-12)8-4-2-3-5-9(8)14/h2-6H,15H2,1H3. The van der Waals surface area contributed by atoms with Gasteiger partial charge in [-0.25, -0.2) is 4.98 Å². The number of halogens is 1. The van der Waals surface area contributed by atoms with Gasteiger partial charge in [-0.15, -0.1) is 11.3 Å². The van der Waals surface area contributed by atoms with Crippen LogP contribution in [0.15, 0.2) is 34.2 Å². The zero-order valence-electron chi connectivity index (χ0n) is 10.1. The average molecular weight is 292 g/mol. The van der Waals surface area contributed by atoms with Crippen molar-refractivity contribution in [3.05, 3.63) is 39.7 Å². The number of aromatic nitrogens is 2. The van der Waals surface area contributed by atoms with Crippen molar-refractivity contribution in [2.75, 3.05) is 5.73 Å². The molecule has 19 heavy (non-hydrogen) atoms. The van der Waals surface area contributed by atoms with Crippen LogP contribution in [0.3, 0.4) is 0 Å². The first-order chi connectivity index (χ1) is 9.16. The summed E-state index contributed by atoms with van der Waals surface area (Å²) in [5.74, 6) is 0.244. The van der Waals surface area contributed by atoms with Crippen LogP contribution in [0, 0.1) is 6.92 Å². The zero-order chi connectivity index (χ0) is 13.4. The number of benzene rings is 1. The molecule has 4 nitrogen and oxygen atoms in total. The molecule has 96 valence electrons. The second kappa shape index (κ2) is 4.68. The monoisotopic (exact) mass is 291 g/mol. The van der Waals surface area contributed by atoms with Crippen LogP contribution in [-0.2, 0) is 0 Å². The highest BCUT2D eigenvalue weighted by Gasteiger charge is 2.20. The number of anilines is 1. The quantitative estimate of drug-likeness (QED) is 0.775. The Hall–Kier alpha value is -1.85. The molecule has 0 aliphatic rings. The van der Waals surface area contributed by atoms with E-state index in [1.807, 2.05) is 30.5 Å². The molecule has 0 atom stereocenters. The molecule has 0 bridgehead atoms. The summed E-state index contributed by atoms with van der Waals surface area (Å²) in [5, 5.41) is 7.49. The summed E-state index contributed by atoms with van der Waals surface area (Å²) >= 11 is 7.76. The van der Waals surface area contributed by atoms with Gasteiger partial charge in [-0.05, 0) is 13.0 Å². The third-order valence-electron chi connectivity index (χ3n) is 2.72. The van der Waals surface area contributed by atoms with Crippen LogP contribution in [0.25, 0.3) is 22.5 Å². The molecule has 0 aliphatic carbocycles. The van der Waals surface area contributed by atoms with E-state index in [0.717, 1.165) is 16.3 Å². The number of aryl methyl sites for hydroxylation is 1. The van der Waals surface area contributed by atoms with Crippen LogP contribution >= 0.6 is 22.9 Å². The van der Waals surface area contributed by atoms with Crippen molar-refractivity contribution < 1.29 is 4.52 Å². The Bertz CT molecular complexity index is 735. The molecular weight excluding hydrogens is 282 g/mol. The summed E-state index contributed by atoms with van der Waals surface area (Å²) in [6, 6.07) is 7.44. The van der Waals surface area contributed by atoms with Crippen LogP contribution in [0.5, 0.6) is 0 Å². The van der Waals surface area contributed by atoms with E-state index in [9.17, 15) is 0 Å². The number of nitrogen functional groups attached to an aromatic ring is 1. The van der Waals surface area contributed by atoms with Gasteiger partial charge in [0.25, 0.3) is 0 Å². The van der Waals surface area contributed by atoms with Crippen molar-refractivity contribution >= 4 is 28.8 Å². The number of hydrogen-bond acceptors (Lipinski definition) is 5. The van der Waals surface area contributed by atoms with Crippen molar-refractivity contribution in [1.29, 1.82) is 0 Å². The summed E-state index contributed by atoms with van der Waals surface area (Å²) in [6.07, 6.45) is 0. The molecular formula is C13H10ClN3OS. The number of thiazole rings is 1. The SMILES string of the molecule is Cc1nc(-c2noc(N)c2-c2ccccc2Cl)cs1. The van der Waals surface area contributed by atoms with Gasteiger partial charge in [0.15, 0.2) is 0 Å². The molecule has 0 amide bonds. The van der Waals surface area contributed by atoms with Crippen molar-refractivity contribution in [1.82, 2.24) is 10.1 Å². The first kappa shape index (κ1) is 12.2. The largest absolute Gasteiger partial charge is 0.367 e. The Morgan fingerprint density at radius 1 is 1.32 bits per heavy atom. The van der Waals surface area contributed by atoms with E-state index < -0.39 is 0 Å². The predicted molar refractivity (Wildman–Crippen MR) is 77.2 cm³/mol. The molecule has 0 unspecified atom stereocenters. The van der Waals surface area contributed by atoms with Crippen LogP contribution in [0.2, 0.25) is 5.02 Å². The van der Waals surface area contributed by atoms with Gasteiger partial charge >= 0.3 is 0 Å². The molecule has 0 aliphatic heterocycles. The fourth-order valence-corrected chi connectivity index (χ4v) is 2.70. The van der Waals surface area contributed by atoms with Crippen molar-refractivity contribution in [2.24, 2.45) is 0 Å².